The van der Waals surface area contributed by atoms with Gasteiger partial charge in [0.05, 0.1) is 13.2 Å². The first-order valence-electron chi connectivity index (χ1n) is 8.04. The molecular weight excluding hydrogens is 295 g/mol. The molecule has 1 aliphatic carbocycles. The zero-order valence-electron chi connectivity index (χ0n) is 12.9. The van der Waals surface area contributed by atoms with Crippen molar-refractivity contribution in [1.29, 1.82) is 0 Å². The SMILES string of the molecule is OCC1(F)CCN(c2nc(-c3ccccn3)nc3c2CCC3)C1. The highest BCUT2D eigenvalue weighted by molar-refractivity contribution is 5.59. The third-order valence-corrected chi connectivity index (χ3v) is 4.69. The van der Waals surface area contributed by atoms with Crippen LogP contribution in [-0.2, 0) is 12.8 Å². The summed E-state index contributed by atoms with van der Waals surface area (Å²) in [5.41, 5.74) is 1.39. The van der Waals surface area contributed by atoms with Crippen LogP contribution in [0.3, 0.4) is 0 Å². The molecular formula is C17H19FN4O. The van der Waals surface area contributed by atoms with Crippen LogP contribution in [-0.4, -0.2) is 45.4 Å². The summed E-state index contributed by atoms with van der Waals surface area (Å²) in [4.78, 5) is 15.7. The van der Waals surface area contributed by atoms with Gasteiger partial charge in [0, 0.05) is 30.4 Å². The van der Waals surface area contributed by atoms with E-state index in [-0.39, 0.29) is 6.54 Å². The number of anilines is 1. The standard InChI is InChI=1S/C17H19FN4O/c18-17(11-23)7-9-22(10-17)16-12-4-3-6-13(12)20-15(21-16)14-5-1-2-8-19-14/h1-2,5,8,23H,3-4,6-7,9-11H2. The van der Waals surface area contributed by atoms with E-state index in [1.807, 2.05) is 23.1 Å². The molecule has 1 unspecified atom stereocenters. The van der Waals surface area contributed by atoms with Crippen LogP contribution in [0.4, 0.5) is 10.2 Å². The molecule has 2 aliphatic rings. The number of pyridine rings is 1. The molecule has 2 aromatic rings. The molecule has 0 radical (unpaired) electrons. The average molecular weight is 314 g/mol. The van der Waals surface area contributed by atoms with Gasteiger partial charge in [-0.1, -0.05) is 6.07 Å². The number of alkyl halides is 1. The summed E-state index contributed by atoms with van der Waals surface area (Å²) in [5, 5.41) is 9.27. The molecule has 1 atom stereocenters. The molecule has 120 valence electrons. The molecule has 0 amide bonds. The molecule has 0 aromatic carbocycles. The Morgan fingerprint density at radius 3 is 2.91 bits per heavy atom. The summed E-state index contributed by atoms with van der Waals surface area (Å²) in [6.07, 6.45) is 4.97. The Bertz CT molecular complexity index is 724. The Hall–Kier alpha value is -2.08. The molecule has 5 nitrogen and oxygen atoms in total. The minimum atomic E-state index is -1.53. The van der Waals surface area contributed by atoms with Crippen LogP contribution in [0, 0.1) is 0 Å². The van der Waals surface area contributed by atoms with Crippen molar-refractivity contribution in [3.05, 3.63) is 35.7 Å². The third kappa shape index (κ3) is 2.57. The highest BCUT2D eigenvalue weighted by Crippen LogP contribution is 2.35. The van der Waals surface area contributed by atoms with Gasteiger partial charge in [-0.2, -0.15) is 0 Å². The number of nitrogens with zero attached hydrogens (tertiary/aromatic N) is 4. The van der Waals surface area contributed by atoms with Gasteiger partial charge in [-0.25, -0.2) is 14.4 Å². The summed E-state index contributed by atoms with van der Waals surface area (Å²) < 4.78 is 14.4. The summed E-state index contributed by atoms with van der Waals surface area (Å²) >= 11 is 0. The van der Waals surface area contributed by atoms with Crippen LogP contribution in [0.25, 0.3) is 11.5 Å². The molecule has 0 bridgehead atoms. The number of hydrogen-bond acceptors (Lipinski definition) is 5. The van der Waals surface area contributed by atoms with E-state index in [1.54, 1.807) is 6.20 Å². The molecule has 3 heterocycles. The highest BCUT2D eigenvalue weighted by atomic mass is 19.1. The van der Waals surface area contributed by atoms with Gasteiger partial charge in [-0.3, -0.25) is 4.98 Å². The molecule has 4 rings (SSSR count). The second-order valence-corrected chi connectivity index (χ2v) is 6.35. The molecule has 23 heavy (non-hydrogen) atoms. The van der Waals surface area contributed by atoms with Crippen LogP contribution in [0.2, 0.25) is 0 Å². The van der Waals surface area contributed by atoms with Crippen molar-refractivity contribution in [2.24, 2.45) is 0 Å². The Morgan fingerprint density at radius 1 is 1.26 bits per heavy atom. The molecule has 1 saturated heterocycles. The second kappa shape index (κ2) is 5.53. The number of aliphatic hydroxyl groups is 1. The van der Waals surface area contributed by atoms with Crippen LogP contribution in [0.5, 0.6) is 0 Å². The zero-order chi connectivity index (χ0) is 15.9. The predicted octanol–water partition coefficient (Wildman–Crippen LogP) is 1.94. The number of fused-ring (bicyclic) bond motifs is 1. The van der Waals surface area contributed by atoms with E-state index in [0.717, 1.165) is 42.0 Å². The van der Waals surface area contributed by atoms with E-state index in [9.17, 15) is 9.50 Å². The maximum absolute atomic E-state index is 14.4. The summed E-state index contributed by atoms with van der Waals surface area (Å²) in [6.45, 7) is 0.320. The maximum Gasteiger partial charge on any atom is 0.180 e. The van der Waals surface area contributed by atoms with Crippen molar-refractivity contribution >= 4 is 5.82 Å². The first kappa shape index (κ1) is 14.5. The molecule has 1 N–H and O–H groups in total. The Balaban J connectivity index is 1.76. The molecule has 1 aliphatic heterocycles. The molecule has 2 aromatic heterocycles. The lowest BCUT2D eigenvalue weighted by molar-refractivity contribution is 0.0909. The molecule has 1 fully saturated rings. The van der Waals surface area contributed by atoms with Crippen molar-refractivity contribution < 1.29 is 9.50 Å². The van der Waals surface area contributed by atoms with Crippen LogP contribution >= 0.6 is 0 Å². The largest absolute Gasteiger partial charge is 0.393 e. The van der Waals surface area contributed by atoms with E-state index < -0.39 is 12.3 Å². The molecule has 6 heteroatoms. The Kier molecular flexibility index (Phi) is 3.49. The summed E-state index contributed by atoms with van der Waals surface area (Å²) in [7, 11) is 0. The number of aromatic nitrogens is 3. The monoisotopic (exact) mass is 314 g/mol. The Labute approximate surface area is 134 Å². The van der Waals surface area contributed by atoms with Crippen LogP contribution < -0.4 is 4.90 Å². The van der Waals surface area contributed by atoms with Crippen molar-refractivity contribution in [1.82, 2.24) is 15.0 Å². The molecule has 0 spiro atoms. The lowest BCUT2D eigenvalue weighted by atomic mass is 10.1. The van der Waals surface area contributed by atoms with Gasteiger partial charge < -0.3 is 10.0 Å². The first-order valence-corrected chi connectivity index (χ1v) is 8.04. The topological polar surface area (TPSA) is 62.1 Å². The fraction of sp³-hybridized carbons (Fsp3) is 0.471. The van der Waals surface area contributed by atoms with Crippen LogP contribution in [0.1, 0.15) is 24.1 Å². The van der Waals surface area contributed by atoms with Gasteiger partial charge in [0.25, 0.3) is 0 Å². The van der Waals surface area contributed by atoms with E-state index in [2.05, 4.69) is 9.97 Å². The smallest absolute Gasteiger partial charge is 0.180 e. The van der Waals surface area contributed by atoms with Gasteiger partial charge in [0.2, 0.25) is 0 Å². The fourth-order valence-corrected chi connectivity index (χ4v) is 3.43. The average Bonchev–Trinajstić information content (AvgIpc) is 3.22. The van der Waals surface area contributed by atoms with Crippen molar-refractivity contribution in [3.63, 3.8) is 0 Å². The van der Waals surface area contributed by atoms with E-state index in [1.165, 1.54) is 0 Å². The second-order valence-electron chi connectivity index (χ2n) is 6.35. The number of hydrogen-bond donors (Lipinski definition) is 1. The van der Waals surface area contributed by atoms with Gasteiger partial charge in [0.1, 0.15) is 11.5 Å². The van der Waals surface area contributed by atoms with Gasteiger partial charge in [-0.15, -0.1) is 0 Å². The number of rotatable bonds is 3. The van der Waals surface area contributed by atoms with E-state index in [4.69, 9.17) is 4.98 Å². The fourth-order valence-electron chi connectivity index (χ4n) is 3.43. The van der Waals surface area contributed by atoms with Crippen molar-refractivity contribution in [2.75, 3.05) is 24.6 Å². The summed E-state index contributed by atoms with van der Waals surface area (Å²) in [6, 6.07) is 5.65. The van der Waals surface area contributed by atoms with E-state index >= 15 is 0 Å². The highest BCUT2D eigenvalue weighted by Gasteiger charge is 2.39. The van der Waals surface area contributed by atoms with Crippen molar-refractivity contribution in [2.45, 2.75) is 31.4 Å². The normalized spacial score (nSPS) is 23.3. The van der Waals surface area contributed by atoms with Crippen molar-refractivity contribution in [3.8, 4) is 11.5 Å². The predicted molar refractivity (Wildman–Crippen MR) is 85.0 cm³/mol. The quantitative estimate of drug-likeness (QED) is 0.938. The molecule has 0 saturated carbocycles. The number of halogens is 1. The Morgan fingerprint density at radius 2 is 2.17 bits per heavy atom. The van der Waals surface area contributed by atoms with Gasteiger partial charge in [0.15, 0.2) is 11.5 Å². The minimum Gasteiger partial charge on any atom is -0.393 e. The van der Waals surface area contributed by atoms with Gasteiger partial charge in [-0.05, 0) is 31.4 Å². The lowest BCUT2D eigenvalue weighted by Gasteiger charge is -2.22. The first-order chi connectivity index (χ1) is 11.2. The lowest BCUT2D eigenvalue weighted by Crippen LogP contribution is -2.33. The summed E-state index contributed by atoms with van der Waals surface area (Å²) in [5.74, 6) is 1.42. The minimum absolute atomic E-state index is 0.189. The van der Waals surface area contributed by atoms with Crippen LogP contribution in [0.15, 0.2) is 24.4 Å². The zero-order valence-corrected chi connectivity index (χ0v) is 12.9. The number of aryl methyl sites for hydroxylation is 1. The van der Waals surface area contributed by atoms with E-state index in [0.29, 0.717) is 18.8 Å². The third-order valence-electron chi connectivity index (χ3n) is 4.69. The van der Waals surface area contributed by atoms with Gasteiger partial charge >= 0.3 is 0 Å². The number of aliphatic hydroxyl groups excluding tert-OH is 1. The maximum atomic E-state index is 14.4.